The maximum Gasteiger partial charge on any atom is 0.234 e. The summed E-state index contributed by atoms with van der Waals surface area (Å²) in [4.78, 5) is 13.9. The van der Waals surface area contributed by atoms with Gasteiger partial charge in [0.1, 0.15) is 0 Å². The zero-order valence-corrected chi connectivity index (χ0v) is 13.4. The van der Waals surface area contributed by atoms with Crippen LogP contribution in [0.5, 0.6) is 0 Å². The molecule has 1 aromatic rings. The normalized spacial score (nSPS) is 10.9. The molecule has 118 valence electrons. The third-order valence-corrected chi connectivity index (χ3v) is 3.48. The fraction of sp³-hybridized carbons (Fsp3) is 0.562. The summed E-state index contributed by atoms with van der Waals surface area (Å²) in [6.07, 6.45) is 3.35. The number of halogens is 1. The van der Waals surface area contributed by atoms with E-state index in [2.05, 4.69) is 12.2 Å². The fourth-order valence-corrected chi connectivity index (χ4v) is 2.32. The lowest BCUT2D eigenvalue weighted by molar-refractivity contribution is -0.122. The van der Waals surface area contributed by atoms with E-state index in [1.165, 1.54) is 0 Å². The van der Waals surface area contributed by atoms with Crippen molar-refractivity contribution in [1.29, 1.82) is 0 Å². The monoisotopic (exact) mass is 312 g/mol. The van der Waals surface area contributed by atoms with Gasteiger partial charge in [0.15, 0.2) is 0 Å². The topological polar surface area (TPSA) is 52.6 Å². The molecule has 21 heavy (non-hydrogen) atoms. The van der Waals surface area contributed by atoms with Gasteiger partial charge < -0.3 is 10.4 Å². The third-order valence-electron chi connectivity index (χ3n) is 3.24. The lowest BCUT2D eigenvalue weighted by atomic mass is 10.2. The molecule has 0 aromatic heterocycles. The summed E-state index contributed by atoms with van der Waals surface area (Å²) in [6, 6.07) is 7.45. The van der Waals surface area contributed by atoms with Gasteiger partial charge in [-0.25, -0.2) is 0 Å². The molecule has 0 aliphatic heterocycles. The Hall–Kier alpha value is -1.10. The summed E-state index contributed by atoms with van der Waals surface area (Å²) in [5.74, 6) is -0.0278. The van der Waals surface area contributed by atoms with Crippen LogP contribution >= 0.6 is 11.6 Å². The second-order valence-corrected chi connectivity index (χ2v) is 5.55. The molecule has 0 heterocycles. The molecule has 1 amide bonds. The largest absolute Gasteiger partial charge is 0.395 e. The third kappa shape index (κ3) is 8.05. The Bertz CT molecular complexity index is 426. The van der Waals surface area contributed by atoms with Crippen molar-refractivity contribution in [2.45, 2.75) is 32.7 Å². The standard InChI is InChI=1S/C16H25ClN2O2/c1-2-3-4-8-19(9-10-20)13-16(21)18-12-14-6-5-7-15(17)11-14/h5-7,11,20H,2-4,8-10,12-13H2,1H3,(H,18,21). The van der Waals surface area contributed by atoms with Crippen LogP contribution in [0.3, 0.4) is 0 Å². The minimum atomic E-state index is -0.0278. The van der Waals surface area contributed by atoms with Crippen molar-refractivity contribution in [3.05, 3.63) is 34.9 Å². The van der Waals surface area contributed by atoms with Gasteiger partial charge in [0.05, 0.1) is 13.2 Å². The average molecular weight is 313 g/mol. The number of carbonyl (C=O) groups excluding carboxylic acids is 1. The molecule has 0 aliphatic carbocycles. The first-order chi connectivity index (χ1) is 10.2. The molecule has 1 rings (SSSR count). The minimum Gasteiger partial charge on any atom is -0.395 e. The molecule has 0 saturated carbocycles. The van der Waals surface area contributed by atoms with Gasteiger partial charge in [-0.1, -0.05) is 43.5 Å². The van der Waals surface area contributed by atoms with Crippen LogP contribution in [0.2, 0.25) is 5.02 Å². The van der Waals surface area contributed by atoms with E-state index in [1.54, 1.807) is 0 Å². The van der Waals surface area contributed by atoms with Crippen LogP contribution in [-0.4, -0.2) is 42.2 Å². The minimum absolute atomic E-state index is 0.0278. The lowest BCUT2D eigenvalue weighted by Crippen LogP contribution is -2.38. The molecule has 0 atom stereocenters. The first kappa shape index (κ1) is 18.0. The molecular formula is C16H25ClN2O2. The Kier molecular flexibility index (Phi) is 9.06. The SMILES string of the molecule is CCCCCN(CCO)CC(=O)NCc1cccc(Cl)c1. The number of unbranched alkanes of at least 4 members (excludes halogenated alkanes) is 2. The van der Waals surface area contributed by atoms with E-state index in [4.69, 9.17) is 16.7 Å². The van der Waals surface area contributed by atoms with Crippen molar-refractivity contribution in [2.24, 2.45) is 0 Å². The number of hydrogen-bond acceptors (Lipinski definition) is 3. The van der Waals surface area contributed by atoms with E-state index >= 15 is 0 Å². The first-order valence-electron chi connectivity index (χ1n) is 7.50. The molecule has 5 heteroatoms. The number of benzene rings is 1. The molecule has 2 N–H and O–H groups in total. The van der Waals surface area contributed by atoms with Crippen molar-refractivity contribution < 1.29 is 9.90 Å². The Morgan fingerprint density at radius 2 is 2.14 bits per heavy atom. The highest BCUT2D eigenvalue weighted by molar-refractivity contribution is 6.30. The molecule has 0 fully saturated rings. The van der Waals surface area contributed by atoms with Crippen LogP contribution in [0.25, 0.3) is 0 Å². The Balaban J connectivity index is 2.35. The predicted octanol–water partition coefficient (Wildman–Crippen LogP) is 2.44. The number of amides is 1. The van der Waals surface area contributed by atoms with E-state index in [9.17, 15) is 4.79 Å². The maximum atomic E-state index is 12.0. The fourth-order valence-electron chi connectivity index (χ4n) is 2.10. The zero-order valence-electron chi connectivity index (χ0n) is 12.6. The molecular weight excluding hydrogens is 288 g/mol. The lowest BCUT2D eigenvalue weighted by Gasteiger charge is -2.20. The van der Waals surface area contributed by atoms with E-state index in [0.717, 1.165) is 31.4 Å². The van der Waals surface area contributed by atoms with E-state index in [1.807, 2.05) is 29.2 Å². The van der Waals surface area contributed by atoms with E-state index in [0.29, 0.717) is 24.7 Å². The van der Waals surface area contributed by atoms with Crippen LogP contribution in [0.4, 0.5) is 0 Å². The maximum absolute atomic E-state index is 12.0. The van der Waals surface area contributed by atoms with Gasteiger partial charge in [-0.3, -0.25) is 9.69 Å². The quantitative estimate of drug-likeness (QED) is 0.652. The van der Waals surface area contributed by atoms with Crippen LogP contribution in [0.15, 0.2) is 24.3 Å². The van der Waals surface area contributed by atoms with Gasteiger partial charge in [0.2, 0.25) is 5.91 Å². The zero-order chi connectivity index (χ0) is 15.5. The first-order valence-corrected chi connectivity index (χ1v) is 7.88. The highest BCUT2D eigenvalue weighted by Gasteiger charge is 2.09. The molecule has 0 radical (unpaired) electrons. The van der Waals surface area contributed by atoms with Crippen LogP contribution in [-0.2, 0) is 11.3 Å². The molecule has 0 unspecified atom stereocenters. The number of nitrogens with zero attached hydrogens (tertiary/aromatic N) is 1. The highest BCUT2D eigenvalue weighted by Crippen LogP contribution is 2.10. The summed E-state index contributed by atoms with van der Waals surface area (Å²) in [7, 11) is 0. The van der Waals surface area contributed by atoms with Crippen molar-refractivity contribution in [3.63, 3.8) is 0 Å². The summed E-state index contributed by atoms with van der Waals surface area (Å²) in [5.41, 5.74) is 0.982. The number of aliphatic hydroxyl groups is 1. The van der Waals surface area contributed by atoms with Crippen LogP contribution in [0.1, 0.15) is 31.7 Å². The van der Waals surface area contributed by atoms with Crippen molar-refractivity contribution in [2.75, 3.05) is 26.2 Å². The molecule has 0 bridgehead atoms. The number of rotatable bonds is 10. The van der Waals surface area contributed by atoms with Crippen molar-refractivity contribution >= 4 is 17.5 Å². The molecule has 0 saturated heterocycles. The smallest absolute Gasteiger partial charge is 0.234 e. The van der Waals surface area contributed by atoms with Crippen molar-refractivity contribution in [1.82, 2.24) is 10.2 Å². The molecule has 0 aliphatic rings. The summed E-state index contributed by atoms with van der Waals surface area (Å²) >= 11 is 5.91. The molecule has 0 spiro atoms. The summed E-state index contributed by atoms with van der Waals surface area (Å²) in [6.45, 7) is 4.40. The van der Waals surface area contributed by atoms with Gasteiger partial charge in [0, 0.05) is 18.1 Å². The Labute approximate surface area is 132 Å². The van der Waals surface area contributed by atoms with E-state index < -0.39 is 0 Å². The van der Waals surface area contributed by atoms with E-state index in [-0.39, 0.29) is 12.5 Å². The van der Waals surface area contributed by atoms with Gasteiger partial charge in [-0.05, 0) is 30.7 Å². The van der Waals surface area contributed by atoms with Crippen molar-refractivity contribution in [3.8, 4) is 0 Å². The highest BCUT2D eigenvalue weighted by atomic mass is 35.5. The number of hydrogen-bond donors (Lipinski definition) is 2. The number of carbonyl (C=O) groups is 1. The van der Waals surface area contributed by atoms with Gasteiger partial charge in [0.25, 0.3) is 0 Å². The summed E-state index contributed by atoms with van der Waals surface area (Å²) in [5, 5.41) is 12.6. The second-order valence-electron chi connectivity index (χ2n) is 5.11. The number of aliphatic hydroxyl groups excluding tert-OH is 1. The van der Waals surface area contributed by atoms with Crippen LogP contribution < -0.4 is 5.32 Å². The van der Waals surface area contributed by atoms with Gasteiger partial charge in [-0.2, -0.15) is 0 Å². The predicted molar refractivity (Wildman–Crippen MR) is 86.3 cm³/mol. The molecule has 1 aromatic carbocycles. The Morgan fingerprint density at radius 3 is 2.81 bits per heavy atom. The van der Waals surface area contributed by atoms with Gasteiger partial charge in [-0.15, -0.1) is 0 Å². The van der Waals surface area contributed by atoms with Gasteiger partial charge >= 0.3 is 0 Å². The van der Waals surface area contributed by atoms with Crippen LogP contribution in [0, 0.1) is 0 Å². The number of nitrogens with one attached hydrogen (secondary N) is 1. The summed E-state index contributed by atoms with van der Waals surface area (Å²) < 4.78 is 0. The Morgan fingerprint density at radius 1 is 1.33 bits per heavy atom. The second kappa shape index (κ2) is 10.6. The average Bonchev–Trinajstić information content (AvgIpc) is 2.46. The molecule has 4 nitrogen and oxygen atoms in total.